The van der Waals surface area contributed by atoms with Crippen molar-refractivity contribution in [2.24, 2.45) is 16.2 Å². The van der Waals surface area contributed by atoms with Gasteiger partial charge in [0, 0.05) is 30.3 Å². The van der Waals surface area contributed by atoms with Crippen molar-refractivity contribution in [2.45, 2.75) is 58.5 Å². The summed E-state index contributed by atoms with van der Waals surface area (Å²) >= 11 is 0. The predicted octanol–water partition coefficient (Wildman–Crippen LogP) is 2.28. The van der Waals surface area contributed by atoms with E-state index in [9.17, 15) is 24.5 Å². The standard InChI is InChI=1S/C21H24N4O5/c1-19(2)8-13-9-20(3,10-19)15-21(16(26)22-18(28)23-17(21)27)7-11-6-12(25(29)30)4-5-14(11)24(13)15/h4-6,13,15H,7-10H2,1-3H3,(H2,22,23,26,27,28)/t13-,15-,20-/m0/s1. The molecule has 1 aliphatic carbocycles. The molecule has 3 fully saturated rings. The predicted molar refractivity (Wildman–Crippen MR) is 107 cm³/mol. The molecular formula is C21H24N4O5. The van der Waals surface area contributed by atoms with Gasteiger partial charge in [-0.05, 0) is 41.7 Å². The zero-order valence-electron chi connectivity index (χ0n) is 17.2. The third-order valence-electron chi connectivity index (χ3n) is 7.46. The molecule has 2 N–H and O–H groups in total. The lowest BCUT2D eigenvalue weighted by atomic mass is 9.56. The maximum atomic E-state index is 13.3. The van der Waals surface area contributed by atoms with Gasteiger partial charge in [0.2, 0.25) is 11.8 Å². The number of barbiturate groups is 1. The fourth-order valence-corrected chi connectivity index (χ4v) is 7.05. The first kappa shape index (κ1) is 19.0. The molecule has 0 unspecified atom stereocenters. The van der Waals surface area contributed by atoms with Gasteiger partial charge in [0.05, 0.1) is 11.0 Å². The van der Waals surface area contributed by atoms with E-state index in [0.29, 0.717) is 5.56 Å². The average molecular weight is 412 g/mol. The smallest absolute Gasteiger partial charge is 0.328 e. The Morgan fingerprint density at radius 1 is 1.10 bits per heavy atom. The summed E-state index contributed by atoms with van der Waals surface area (Å²) in [6.45, 7) is 6.52. The van der Waals surface area contributed by atoms with Crippen LogP contribution in [-0.2, 0) is 16.0 Å². The van der Waals surface area contributed by atoms with Crippen LogP contribution in [0, 0.1) is 26.4 Å². The number of imide groups is 2. The minimum atomic E-state index is -1.51. The summed E-state index contributed by atoms with van der Waals surface area (Å²) in [5, 5.41) is 16.0. The minimum Gasteiger partial charge on any atom is -0.363 e. The van der Waals surface area contributed by atoms with Crippen LogP contribution in [0.15, 0.2) is 18.2 Å². The molecule has 1 aromatic carbocycles. The molecule has 4 amide bonds. The number of amides is 4. The zero-order chi connectivity index (χ0) is 21.6. The van der Waals surface area contributed by atoms with Crippen molar-refractivity contribution >= 4 is 29.2 Å². The summed E-state index contributed by atoms with van der Waals surface area (Å²) in [6.07, 6.45) is 2.59. The Balaban J connectivity index is 1.76. The van der Waals surface area contributed by atoms with Gasteiger partial charge >= 0.3 is 6.03 Å². The number of benzene rings is 1. The Morgan fingerprint density at radius 2 is 1.77 bits per heavy atom. The lowest BCUT2D eigenvalue weighted by Crippen LogP contribution is -2.72. The van der Waals surface area contributed by atoms with Crippen molar-refractivity contribution in [2.75, 3.05) is 4.90 Å². The van der Waals surface area contributed by atoms with E-state index in [2.05, 4.69) is 36.3 Å². The van der Waals surface area contributed by atoms with Crippen LogP contribution in [0.4, 0.5) is 16.2 Å². The van der Waals surface area contributed by atoms with E-state index >= 15 is 0 Å². The van der Waals surface area contributed by atoms with E-state index in [1.54, 1.807) is 6.07 Å². The summed E-state index contributed by atoms with van der Waals surface area (Å²) in [4.78, 5) is 51.5. The number of nitro benzene ring substituents is 1. The first-order valence-electron chi connectivity index (χ1n) is 10.2. The number of carbonyl (C=O) groups excluding carboxylic acids is 3. The maximum absolute atomic E-state index is 13.3. The molecule has 4 aliphatic rings. The highest BCUT2D eigenvalue weighted by atomic mass is 16.6. The summed E-state index contributed by atoms with van der Waals surface area (Å²) in [7, 11) is 0. The van der Waals surface area contributed by atoms with Gasteiger partial charge in [-0.2, -0.15) is 0 Å². The van der Waals surface area contributed by atoms with Crippen molar-refractivity contribution < 1.29 is 19.3 Å². The van der Waals surface area contributed by atoms with Gasteiger partial charge in [0.25, 0.3) is 5.69 Å². The van der Waals surface area contributed by atoms with Gasteiger partial charge in [-0.15, -0.1) is 0 Å². The van der Waals surface area contributed by atoms with Crippen LogP contribution >= 0.6 is 0 Å². The number of rotatable bonds is 1. The van der Waals surface area contributed by atoms with E-state index in [4.69, 9.17) is 0 Å². The first-order chi connectivity index (χ1) is 14.0. The molecule has 3 atom stereocenters. The van der Waals surface area contributed by atoms with E-state index in [-0.39, 0.29) is 29.0 Å². The van der Waals surface area contributed by atoms with Crippen molar-refractivity contribution in [3.63, 3.8) is 0 Å². The van der Waals surface area contributed by atoms with Gasteiger partial charge < -0.3 is 4.90 Å². The number of non-ortho nitro benzene ring substituents is 1. The van der Waals surface area contributed by atoms with Gasteiger partial charge in [0.15, 0.2) is 5.41 Å². The molecule has 30 heavy (non-hydrogen) atoms. The van der Waals surface area contributed by atoms with Crippen molar-refractivity contribution in [1.82, 2.24) is 10.6 Å². The highest BCUT2D eigenvalue weighted by Gasteiger charge is 2.70. The summed E-state index contributed by atoms with van der Waals surface area (Å²) in [6, 6.07) is 3.54. The molecule has 9 nitrogen and oxygen atoms in total. The zero-order valence-corrected chi connectivity index (χ0v) is 17.2. The first-order valence-corrected chi connectivity index (χ1v) is 10.2. The number of fused-ring (bicyclic) bond motifs is 8. The lowest BCUT2D eigenvalue weighted by molar-refractivity contribution is -0.384. The maximum Gasteiger partial charge on any atom is 0.328 e. The highest BCUT2D eigenvalue weighted by Crippen LogP contribution is 2.63. The van der Waals surface area contributed by atoms with Gasteiger partial charge in [-0.25, -0.2) is 4.79 Å². The fraction of sp³-hybridized carbons (Fsp3) is 0.571. The lowest BCUT2D eigenvalue weighted by Gasteiger charge is -2.52. The third-order valence-corrected chi connectivity index (χ3v) is 7.46. The van der Waals surface area contributed by atoms with Crippen LogP contribution in [0.2, 0.25) is 0 Å². The topological polar surface area (TPSA) is 122 Å². The molecular weight excluding hydrogens is 388 g/mol. The van der Waals surface area contributed by atoms with Crippen LogP contribution in [0.1, 0.15) is 45.6 Å². The molecule has 9 heteroatoms. The molecule has 0 aromatic heterocycles. The third kappa shape index (κ3) is 2.31. The Hall–Kier alpha value is -2.97. The number of nitrogens with one attached hydrogen (secondary N) is 2. The second-order valence-corrected chi connectivity index (χ2v) is 10.3. The monoisotopic (exact) mass is 412 g/mol. The normalized spacial score (nSPS) is 32.9. The number of urea groups is 1. The number of nitrogens with zero attached hydrogens (tertiary/aromatic N) is 2. The Kier molecular flexibility index (Phi) is 3.54. The van der Waals surface area contributed by atoms with Crippen LogP contribution in [0.25, 0.3) is 0 Å². The number of nitro groups is 1. The van der Waals surface area contributed by atoms with E-state index < -0.39 is 34.2 Å². The molecule has 1 spiro atoms. The van der Waals surface area contributed by atoms with Crippen LogP contribution in [0.5, 0.6) is 0 Å². The van der Waals surface area contributed by atoms with Gasteiger partial charge in [-0.3, -0.25) is 30.3 Å². The molecule has 1 aromatic rings. The average Bonchev–Trinajstić information content (AvgIpc) is 2.85. The largest absolute Gasteiger partial charge is 0.363 e. The summed E-state index contributed by atoms with van der Waals surface area (Å²) < 4.78 is 0. The van der Waals surface area contributed by atoms with Crippen LogP contribution < -0.4 is 15.5 Å². The van der Waals surface area contributed by atoms with Gasteiger partial charge in [0.1, 0.15) is 0 Å². The second-order valence-electron chi connectivity index (χ2n) is 10.3. The molecule has 2 saturated heterocycles. The molecule has 158 valence electrons. The quantitative estimate of drug-likeness (QED) is 0.415. The van der Waals surface area contributed by atoms with Crippen molar-refractivity contribution in [3.8, 4) is 0 Å². The summed E-state index contributed by atoms with van der Waals surface area (Å²) in [5.41, 5.74) is -0.451. The Labute approximate surface area is 173 Å². The molecule has 1 saturated carbocycles. The molecule has 3 aliphatic heterocycles. The highest BCUT2D eigenvalue weighted by molar-refractivity contribution is 6.20. The van der Waals surface area contributed by atoms with Crippen molar-refractivity contribution in [1.29, 1.82) is 0 Å². The Morgan fingerprint density at radius 3 is 2.40 bits per heavy atom. The van der Waals surface area contributed by atoms with Crippen LogP contribution in [-0.4, -0.2) is 34.9 Å². The van der Waals surface area contributed by atoms with E-state index in [0.717, 1.165) is 24.9 Å². The molecule has 2 bridgehead atoms. The molecule has 5 rings (SSSR count). The van der Waals surface area contributed by atoms with Crippen LogP contribution in [0.3, 0.4) is 0 Å². The number of hydrogen-bond donors (Lipinski definition) is 2. The SMILES string of the molecule is CC1(C)C[C@H]2C[C@@](C)(C1)[C@@H]1N2c2ccc([N+](=O)[O-])cc2CC12C(=O)NC(=O)NC2=O. The van der Waals surface area contributed by atoms with E-state index in [1.165, 1.54) is 12.1 Å². The molecule has 0 radical (unpaired) electrons. The number of anilines is 1. The Bertz CT molecular complexity index is 1010. The van der Waals surface area contributed by atoms with E-state index in [1.807, 2.05) is 0 Å². The minimum absolute atomic E-state index is 0.0224. The number of hydrogen-bond acceptors (Lipinski definition) is 6. The molecule has 3 heterocycles. The van der Waals surface area contributed by atoms with Gasteiger partial charge in [-0.1, -0.05) is 20.8 Å². The fourth-order valence-electron chi connectivity index (χ4n) is 7.05. The van der Waals surface area contributed by atoms with Crippen molar-refractivity contribution in [3.05, 3.63) is 33.9 Å². The second kappa shape index (κ2) is 5.59. The number of carbonyl (C=O) groups is 3. The summed E-state index contributed by atoms with van der Waals surface area (Å²) in [5.74, 6) is -1.23.